The number of aromatic nitrogens is 5. The molecule has 0 bridgehead atoms. The Kier molecular flexibility index (Phi) is 4.63. The Morgan fingerprint density at radius 2 is 2.04 bits per heavy atom. The summed E-state index contributed by atoms with van der Waals surface area (Å²) in [6.07, 6.45) is 2.42. The Labute approximate surface area is 159 Å². The third kappa shape index (κ3) is 3.63. The lowest BCUT2D eigenvalue weighted by atomic mass is 10.1. The summed E-state index contributed by atoms with van der Waals surface area (Å²) in [5.74, 6) is -0.922. The van der Waals surface area contributed by atoms with Gasteiger partial charge in [0.25, 0.3) is 0 Å². The minimum Gasteiger partial charge on any atom is -0.328 e. The molecule has 0 aliphatic rings. The summed E-state index contributed by atoms with van der Waals surface area (Å²) in [5.41, 5.74) is 2.69. The standard InChI is InChI=1S/C19H15FN6O2/c1-2-12-4-3-5-14(10-12)21-18(27)19-22-17(24-28-19)16-11-26(25-23-16)15-8-6-13(20)7-9-15/h3-11H,2H2,1H3,(H,21,27). The molecule has 0 radical (unpaired) electrons. The second kappa shape index (κ2) is 7.39. The van der Waals surface area contributed by atoms with Gasteiger partial charge in [0.1, 0.15) is 5.82 Å². The maximum Gasteiger partial charge on any atom is 0.316 e. The number of hydrogen-bond donors (Lipinski definition) is 1. The average molecular weight is 378 g/mol. The number of nitrogens with one attached hydrogen (secondary N) is 1. The van der Waals surface area contributed by atoms with Gasteiger partial charge in [0.15, 0.2) is 5.69 Å². The van der Waals surface area contributed by atoms with Crippen LogP contribution in [0.3, 0.4) is 0 Å². The van der Waals surface area contributed by atoms with E-state index in [0.29, 0.717) is 17.1 Å². The quantitative estimate of drug-likeness (QED) is 0.572. The number of carbonyl (C=O) groups is 1. The first-order valence-electron chi connectivity index (χ1n) is 8.55. The van der Waals surface area contributed by atoms with Crippen LogP contribution in [0.1, 0.15) is 23.2 Å². The largest absolute Gasteiger partial charge is 0.328 e. The van der Waals surface area contributed by atoms with Crippen molar-refractivity contribution < 1.29 is 13.7 Å². The molecular weight excluding hydrogens is 363 g/mol. The summed E-state index contributed by atoms with van der Waals surface area (Å²) in [7, 11) is 0. The molecular formula is C19H15FN6O2. The molecule has 140 valence electrons. The van der Waals surface area contributed by atoms with Gasteiger partial charge >= 0.3 is 11.8 Å². The highest BCUT2D eigenvalue weighted by atomic mass is 19.1. The van der Waals surface area contributed by atoms with Gasteiger partial charge in [-0.1, -0.05) is 29.4 Å². The lowest BCUT2D eigenvalue weighted by Gasteiger charge is -2.03. The van der Waals surface area contributed by atoms with E-state index in [0.717, 1.165) is 12.0 Å². The second-order valence-electron chi connectivity index (χ2n) is 5.96. The highest BCUT2D eigenvalue weighted by Crippen LogP contribution is 2.16. The fraction of sp³-hybridized carbons (Fsp3) is 0.105. The van der Waals surface area contributed by atoms with Crippen molar-refractivity contribution in [1.29, 1.82) is 0 Å². The molecule has 4 aromatic rings. The van der Waals surface area contributed by atoms with Crippen LogP contribution in [0, 0.1) is 5.82 Å². The predicted molar refractivity (Wildman–Crippen MR) is 98.4 cm³/mol. The molecule has 0 unspecified atom stereocenters. The van der Waals surface area contributed by atoms with Crippen molar-refractivity contribution in [1.82, 2.24) is 25.1 Å². The fourth-order valence-electron chi connectivity index (χ4n) is 2.56. The number of anilines is 1. The highest BCUT2D eigenvalue weighted by molar-refractivity contribution is 6.01. The molecule has 0 saturated heterocycles. The van der Waals surface area contributed by atoms with Crippen molar-refractivity contribution in [2.45, 2.75) is 13.3 Å². The van der Waals surface area contributed by atoms with Crippen LogP contribution in [0.5, 0.6) is 0 Å². The topological polar surface area (TPSA) is 98.7 Å². The number of aryl methyl sites for hydroxylation is 1. The molecule has 28 heavy (non-hydrogen) atoms. The molecule has 2 heterocycles. The summed E-state index contributed by atoms with van der Waals surface area (Å²) in [4.78, 5) is 16.4. The first-order valence-corrected chi connectivity index (χ1v) is 8.55. The van der Waals surface area contributed by atoms with E-state index in [-0.39, 0.29) is 17.5 Å². The molecule has 0 aliphatic carbocycles. The van der Waals surface area contributed by atoms with Gasteiger partial charge in [0.2, 0.25) is 5.82 Å². The molecule has 1 amide bonds. The first kappa shape index (κ1) is 17.5. The van der Waals surface area contributed by atoms with Crippen molar-refractivity contribution in [2.24, 2.45) is 0 Å². The van der Waals surface area contributed by atoms with Crippen LogP contribution in [-0.4, -0.2) is 31.0 Å². The summed E-state index contributed by atoms with van der Waals surface area (Å²) in [5, 5.41) is 14.4. The van der Waals surface area contributed by atoms with Crippen molar-refractivity contribution in [3.05, 3.63) is 72.0 Å². The van der Waals surface area contributed by atoms with Gasteiger partial charge in [0, 0.05) is 5.69 Å². The molecule has 2 aromatic carbocycles. The molecule has 1 N–H and O–H groups in total. The number of carbonyl (C=O) groups excluding carboxylic acids is 1. The Bertz CT molecular complexity index is 1120. The average Bonchev–Trinajstić information content (AvgIpc) is 3.38. The zero-order valence-corrected chi connectivity index (χ0v) is 14.8. The van der Waals surface area contributed by atoms with Crippen LogP contribution in [0.2, 0.25) is 0 Å². The van der Waals surface area contributed by atoms with Crippen molar-refractivity contribution in [3.63, 3.8) is 0 Å². The minimum absolute atomic E-state index is 0.126. The minimum atomic E-state index is -0.516. The van der Waals surface area contributed by atoms with Gasteiger partial charge < -0.3 is 9.84 Å². The Morgan fingerprint density at radius 3 is 2.82 bits per heavy atom. The van der Waals surface area contributed by atoms with E-state index in [9.17, 15) is 9.18 Å². The molecule has 0 atom stereocenters. The van der Waals surface area contributed by atoms with Crippen LogP contribution in [0.15, 0.2) is 59.3 Å². The van der Waals surface area contributed by atoms with Gasteiger partial charge in [0.05, 0.1) is 11.9 Å². The Balaban J connectivity index is 1.51. The van der Waals surface area contributed by atoms with Crippen LogP contribution in [0.25, 0.3) is 17.2 Å². The predicted octanol–water partition coefficient (Wildman–Crippen LogP) is 3.27. The molecule has 2 aromatic heterocycles. The van der Waals surface area contributed by atoms with Gasteiger partial charge in [-0.05, 0) is 48.4 Å². The first-order chi connectivity index (χ1) is 13.6. The lowest BCUT2D eigenvalue weighted by molar-refractivity contribution is 0.0981. The summed E-state index contributed by atoms with van der Waals surface area (Å²) >= 11 is 0. The third-order valence-electron chi connectivity index (χ3n) is 4.03. The zero-order chi connectivity index (χ0) is 19.5. The maximum absolute atomic E-state index is 13.0. The maximum atomic E-state index is 13.0. The summed E-state index contributed by atoms with van der Waals surface area (Å²) in [6.45, 7) is 2.03. The molecule has 0 fully saturated rings. The molecule has 0 saturated carbocycles. The Hall–Kier alpha value is -3.88. The third-order valence-corrected chi connectivity index (χ3v) is 4.03. The van der Waals surface area contributed by atoms with Crippen molar-refractivity contribution in [3.8, 4) is 17.2 Å². The van der Waals surface area contributed by atoms with Crippen molar-refractivity contribution >= 4 is 11.6 Å². The number of amides is 1. The molecule has 9 heteroatoms. The van der Waals surface area contributed by atoms with E-state index < -0.39 is 5.91 Å². The fourth-order valence-corrected chi connectivity index (χ4v) is 2.56. The van der Waals surface area contributed by atoms with E-state index in [2.05, 4.69) is 25.8 Å². The van der Waals surface area contributed by atoms with Gasteiger partial charge in [-0.2, -0.15) is 4.98 Å². The monoisotopic (exact) mass is 378 g/mol. The van der Waals surface area contributed by atoms with Crippen molar-refractivity contribution in [2.75, 3.05) is 5.32 Å². The second-order valence-corrected chi connectivity index (χ2v) is 5.96. The molecule has 4 rings (SSSR count). The van der Waals surface area contributed by atoms with E-state index in [1.165, 1.54) is 16.8 Å². The van der Waals surface area contributed by atoms with Gasteiger partial charge in [-0.3, -0.25) is 4.79 Å². The van der Waals surface area contributed by atoms with E-state index >= 15 is 0 Å². The number of rotatable bonds is 5. The number of nitrogens with zero attached hydrogens (tertiary/aromatic N) is 5. The molecule has 8 nitrogen and oxygen atoms in total. The normalized spacial score (nSPS) is 10.8. The number of benzene rings is 2. The van der Waals surface area contributed by atoms with Crippen LogP contribution < -0.4 is 5.32 Å². The molecule has 0 spiro atoms. The zero-order valence-electron chi connectivity index (χ0n) is 14.8. The SMILES string of the molecule is CCc1cccc(NC(=O)c2nc(-c3cn(-c4ccc(F)cc4)nn3)no2)c1. The van der Waals surface area contributed by atoms with Gasteiger partial charge in [-0.15, -0.1) is 5.10 Å². The van der Waals surface area contributed by atoms with Gasteiger partial charge in [-0.25, -0.2) is 9.07 Å². The van der Waals surface area contributed by atoms with E-state index in [1.807, 2.05) is 25.1 Å². The van der Waals surface area contributed by atoms with Crippen LogP contribution in [0.4, 0.5) is 10.1 Å². The molecule has 0 aliphatic heterocycles. The van der Waals surface area contributed by atoms with E-state index in [4.69, 9.17) is 4.52 Å². The van der Waals surface area contributed by atoms with E-state index in [1.54, 1.807) is 24.4 Å². The summed E-state index contributed by atoms with van der Waals surface area (Å²) in [6, 6.07) is 13.3. The van der Waals surface area contributed by atoms with Crippen LogP contribution in [-0.2, 0) is 6.42 Å². The van der Waals surface area contributed by atoms with Crippen LogP contribution >= 0.6 is 0 Å². The smallest absolute Gasteiger partial charge is 0.316 e. The highest BCUT2D eigenvalue weighted by Gasteiger charge is 2.18. The Morgan fingerprint density at radius 1 is 1.21 bits per heavy atom. The lowest BCUT2D eigenvalue weighted by Crippen LogP contribution is -2.12. The number of hydrogen-bond acceptors (Lipinski definition) is 6. The summed E-state index contributed by atoms with van der Waals surface area (Å²) < 4.78 is 19.5. The number of halogens is 1.